The van der Waals surface area contributed by atoms with Crippen LogP contribution in [0.2, 0.25) is 0 Å². The zero-order valence-electron chi connectivity index (χ0n) is 20.2. The van der Waals surface area contributed by atoms with Gasteiger partial charge in [0.1, 0.15) is 11.6 Å². The van der Waals surface area contributed by atoms with Crippen molar-refractivity contribution in [3.8, 4) is 17.5 Å². The number of rotatable bonds is 4. The SMILES string of the molecule is N#Cc1c[nH]c2cccc(-c3nc(N4CCOCC4)c4oc5ncc(CN6CCSCC6)cc5c4n3)c12. The summed E-state index contributed by atoms with van der Waals surface area (Å²) in [6.45, 7) is 5.72. The van der Waals surface area contributed by atoms with Crippen molar-refractivity contribution >= 4 is 50.7 Å². The molecule has 0 aliphatic carbocycles. The van der Waals surface area contributed by atoms with Gasteiger partial charge in [0.25, 0.3) is 0 Å². The molecule has 1 aromatic carbocycles. The Bertz CT molecular complexity index is 1660. The van der Waals surface area contributed by atoms with Gasteiger partial charge in [-0.05, 0) is 17.7 Å². The first-order valence-electron chi connectivity index (χ1n) is 12.5. The number of H-pyrrole nitrogens is 1. The van der Waals surface area contributed by atoms with Gasteiger partial charge in [-0.1, -0.05) is 12.1 Å². The molecule has 2 aliphatic rings. The molecule has 2 saturated heterocycles. The van der Waals surface area contributed by atoms with Gasteiger partial charge in [-0.15, -0.1) is 0 Å². The summed E-state index contributed by atoms with van der Waals surface area (Å²) in [6.07, 6.45) is 3.65. The highest BCUT2D eigenvalue weighted by Crippen LogP contribution is 2.37. The summed E-state index contributed by atoms with van der Waals surface area (Å²) in [7, 11) is 0. The molecule has 1 N–H and O–H groups in total. The molecule has 37 heavy (non-hydrogen) atoms. The first-order valence-corrected chi connectivity index (χ1v) is 13.7. The molecule has 0 amide bonds. The number of ether oxygens (including phenoxy) is 1. The third-order valence-corrected chi connectivity index (χ3v) is 8.04. The van der Waals surface area contributed by atoms with Crippen LogP contribution in [0.15, 0.2) is 41.1 Å². The molecule has 6 heterocycles. The third kappa shape index (κ3) is 4.00. The number of anilines is 1. The molecule has 0 spiro atoms. The number of pyridine rings is 1. The molecular weight excluding hydrogens is 486 g/mol. The second kappa shape index (κ2) is 9.34. The number of benzene rings is 1. The largest absolute Gasteiger partial charge is 0.432 e. The van der Waals surface area contributed by atoms with Crippen LogP contribution in [0.4, 0.5) is 5.82 Å². The van der Waals surface area contributed by atoms with Gasteiger partial charge in [-0.3, -0.25) is 4.90 Å². The van der Waals surface area contributed by atoms with E-state index in [9.17, 15) is 5.26 Å². The maximum atomic E-state index is 9.74. The molecule has 9 nitrogen and oxygen atoms in total. The van der Waals surface area contributed by atoms with Gasteiger partial charge in [0.2, 0.25) is 5.71 Å². The van der Waals surface area contributed by atoms with Crippen LogP contribution in [-0.2, 0) is 11.3 Å². The van der Waals surface area contributed by atoms with E-state index >= 15 is 0 Å². The molecule has 0 radical (unpaired) electrons. The van der Waals surface area contributed by atoms with Gasteiger partial charge >= 0.3 is 0 Å². The monoisotopic (exact) mass is 511 g/mol. The molecule has 186 valence electrons. The van der Waals surface area contributed by atoms with E-state index in [0.717, 1.165) is 58.4 Å². The zero-order chi connectivity index (χ0) is 24.8. The second-order valence-corrected chi connectivity index (χ2v) is 10.6. The Balaban J connectivity index is 1.43. The number of fused-ring (bicyclic) bond motifs is 4. The van der Waals surface area contributed by atoms with Gasteiger partial charge in [-0.2, -0.15) is 17.0 Å². The van der Waals surface area contributed by atoms with Crippen LogP contribution >= 0.6 is 11.8 Å². The maximum absolute atomic E-state index is 9.74. The highest BCUT2D eigenvalue weighted by atomic mass is 32.2. The Morgan fingerprint density at radius 1 is 1.11 bits per heavy atom. The van der Waals surface area contributed by atoms with E-state index in [1.807, 2.05) is 36.2 Å². The summed E-state index contributed by atoms with van der Waals surface area (Å²) >= 11 is 2.01. The van der Waals surface area contributed by atoms with Crippen molar-refractivity contribution in [2.75, 3.05) is 55.8 Å². The minimum atomic E-state index is 0.562. The summed E-state index contributed by atoms with van der Waals surface area (Å²) < 4.78 is 11.9. The fourth-order valence-electron chi connectivity index (χ4n) is 5.23. The van der Waals surface area contributed by atoms with Crippen LogP contribution in [0.3, 0.4) is 0 Å². The molecule has 7 rings (SSSR count). The Morgan fingerprint density at radius 3 is 2.81 bits per heavy atom. The standard InChI is InChI=1S/C27H25N7O2S/c28-13-18-15-29-21-3-1-2-19(22(18)21)25-31-23-20-12-17(16-33-6-10-37-11-7-33)14-30-27(20)36-24(23)26(32-25)34-4-8-35-9-5-34/h1-3,12,14-15,29H,4-11,16H2. The molecule has 2 aliphatic heterocycles. The van der Waals surface area contributed by atoms with Crippen molar-refractivity contribution in [3.63, 3.8) is 0 Å². The summed E-state index contributed by atoms with van der Waals surface area (Å²) in [6, 6.07) is 10.4. The number of nitrogens with zero attached hydrogens (tertiary/aromatic N) is 6. The van der Waals surface area contributed by atoms with Crippen LogP contribution in [-0.4, -0.2) is 75.7 Å². The lowest BCUT2D eigenvalue weighted by Gasteiger charge is -2.27. The lowest BCUT2D eigenvalue weighted by Crippen LogP contribution is -2.37. The summed E-state index contributed by atoms with van der Waals surface area (Å²) in [4.78, 5) is 22.6. The molecule has 2 fully saturated rings. The van der Waals surface area contributed by atoms with Gasteiger partial charge < -0.3 is 19.0 Å². The van der Waals surface area contributed by atoms with E-state index in [4.69, 9.17) is 19.1 Å². The molecule has 0 unspecified atom stereocenters. The maximum Gasteiger partial charge on any atom is 0.229 e. The van der Waals surface area contributed by atoms with Crippen molar-refractivity contribution in [2.45, 2.75) is 6.54 Å². The Morgan fingerprint density at radius 2 is 1.97 bits per heavy atom. The van der Waals surface area contributed by atoms with Crippen LogP contribution < -0.4 is 4.90 Å². The minimum Gasteiger partial charge on any atom is -0.432 e. The normalized spacial score (nSPS) is 17.1. The molecule has 0 saturated carbocycles. The van der Waals surface area contributed by atoms with Crippen molar-refractivity contribution < 1.29 is 9.15 Å². The van der Waals surface area contributed by atoms with Crippen LogP contribution in [0, 0.1) is 11.3 Å². The fraction of sp³-hybridized carbons (Fsp3) is 0.333. The third-order valence-electron chi connectivity index (χ3n) is 7.10. The predicted molar refractivity (Wildman–Crippen MR) is 145 cm³/mol. The molecule has 4 aromatic heterocycles. The Labute approximate surface area is 217 Å². The zero-order valence-corrected chi connectivity index (χ0v) is 21.1. The van der Waals surface area contributed by atoms with Crippen molar-refractivity contribution in [3.05, 3.63) is 47.8 Å². The molecule has 0 bridgehead atoms. The van der Waals surface area contributed by atoms with Gasteiger partial charge in [0, 0.05) is 73.1 Å². The Hall–Kier alpha value is -3.65. The van der Waals surface area contributed by atoms with Crippen molar-refractivity contribution in [2.24, 2.45) is 0 Å². The van der Waals surface area contributed by atoms with Crippen LogP contribution in [0.5, 0.6) is 0 Å². The number of aromatic amines is 1. The predicted octanol–water partition coefficient (Wildman–Crippen LogP) is 4.18. The smallest absolute Gasteiger partial charge is 0.229 e. The average Bonchev–Trinajstić information content (AvgIpc) is 3.55. The highest BCUT2D eigenvalue weighted by molar-refractivity contribution is 7.99. The number of nitrogens with one attached hydrogen (secondary N) is 1. The summed E-state index contributed by atoms with van der Waals surface area (Å²) in [5.74, 6) is 3.64. The lowest BCUT2D eigenvalue weighted by atomic mass is 10.1. The molecular formula is C27H25N7O2S. The van der Waals surface area contributed by atoms with E-state index in [0.29, 0.717) is 49.0 Å². The van der Waals surface area contributed by atoms with Gasteiger partial charge in [0.05, 0.1) is 24.2 Å². The Kier molecular flexibility index (Phi) is 5.69. The number of morpholine rings is 1. The van der Waals surface area contributed by atoms with E-state index in [1.54, 1.807) is 6.20 Å². The van der Waals surface area contributed by atoms with E-state index < -0.39 is 0 Å². The topological polar surface area (TPSA) is 107 Å². The van der Waals surface area contributed by atoms with E-state index in [2.05, 4.69) is 31.9 Å². The number of aromatic nitrogens is 4. The van der Waals surface area contributed by atoms with Crippen molar-refractivity contribution in [1.29, 1.82) is 5.26 Å². The quantitative estimate of drug-likeness (QED) is 0.380. The van der Waals surface area contributed by atoms with Crippen molar-refractivity contribution in [1.82, 2.24) is 24.8 Å². The number of thioether (sulfide) groups is 1. The molecule has 5 aromatic rings. The van der Waals surface area contributed by atoms with Crippen LogP contribution in [0.1, 0.15) is 11.1 Å². The second-order valence-electron chi connectivity index (χ2n) is 9.38. The first-order chi connectivity index (χ1) is 18.3. The number of hydrogen-bond donors (Lipinski definition) is 1. The van der Waals surface area contributed by atoms with E-state index in [-0.39, 0.29) is 0 Å². The highest BCUT2D eigenvalue weighted by Gasteiger charge is 2.24. The lowest BCUT2D eigenvalue weighted by molar-refractivity contribution is 0.122. The van der Waals surface area contributed by atoms with Crippen LogP contribution in [0.25, 0.3) is 44.5 Å². The van der Waals surface area contributed by atoms with E-state index in [1.165, 1.54) is 11.5 Å². The molecule has 0 atom stereocenters. The molecule has 10 heteroatoms. The van der Waals surface area contributed by atoms with Gasteiger partial charge in [-0.25, -0.2) is 15.0 Å². The van der Waals surface area contributed by atoms with Gasteiger partial charge in [0.15, 0.2) is 17.2 Å². The first kappa shape index (κ1) is 22.5. The summed E-state index contributed by atoms with van der Waals surface area (Å²) in [5, 5.41) is 11.5. The minimum absolute atomic E-state index is 0.562. The number of nitriles is 1. The summed E-state index contributed by atoms with van der Waals surface area (Å²) in [5.41, 5.74) is 5.36. The number of furan rings is 1. The fourth-order valence-corrected chi connectivity index (χ4v) is 6.21. The average molecular weight is 512 g/mol. The number of hydrogen-bond acceptors (Lipinski definition) is 9.